The van der Waals surface area contributed by atoms with Crippen LogP contribution in [0.25, 0.3) is 0 Å². The summed E-state index contributed by atoms with van der Waals surface area (Å²) in [5, 5.41) is 22.2. The number of nitro groups is 2. The summed E-state index contributed by atoms with van der Waals surface area (Å²) in [6.07, 6.45) is -2.19. The van der Waals surface area contributed by atoms with Crippen LogP contribution in [-0.2, 0) is 20.1 Å². The smallest absolute Gasteiger partial charge is 0.261 e. The van der Waals surface area contributed by atoms with Crippen molar-refractivity contribution in [2.24, 2.45) is 0 Å². The Balaban J connectivity index is 2.33. The molecule has 0 aliphatic heterocycles. The number of rotatable bonds is 7. The van der Waals surface area contributed by atoms with E-state index >= 15 is 0 Å². The molecular weight excluding hydrogens is 340 g/mol. The molecule has 0 aromatic heterocycles. The summed E-state index contributed by atoms with van der Waals surface area (Å²) in [6.45, 7) is 0. The van der Waals surface area contributed by atoms with E-state index in [0.717, 1.165) is 12.1 Å². The van der Waals surface area contributed by atoms with E-state index in [1.807, 2.05) is 0 Å². The Bertz CT molecular complexity index is 852. The van der Waals surface area contributed by atoms with E-state index in [1.165, 1.54) is 24.3 Å². The molecule has 2 aromatic carbocycles. The molecule has 9 nitrogen and oxygen atoms in total. The van der Waals surface area contributed by atoms with Gasteiger partial charge in [0.25, 0.3) is 15.8 Å². The highest BCUT2D eigenvalue weighted by Crippen LogP contribution is 2.29. The van der Waals surface area contributed by atoms with Crippen molar-refractivity contribution < 1.29 is 22.4 Å². The van der Waals surface area contributed by atoms with E-state index < -0.39 is 43.2 Å². The summed E-state index contributed by atoms with van der Waals surface area (Å²) in [5.74, 6) is -0.585. The molecule has 0 amide bonds. The Morgan fingerprint density at radius 1 is 0.958 bits per heavy atom. The third-order valence-corrected chi connectivity index (χ3v) is 4.18. The minimum atomic E-state index is -4.33. The number of para-hydroxylation sites is 1. The quantitative estimate of drug-likeness (QED) is 0.324. The number of nitrogens with zero attached hydrogens (tertiary/aromatic N) is 2. The Labute approximate surface area is 136 Å². The van der Waals surface area contributed by atoms with Crippen LogP contribution in [0.1, 0.15) is 17.4 Å². The van der Waals surface area contributed by atoms with E-state index in [2.05, 4.69) is 4.18 Å². The number of hydrogen-bond donors (Lipinski definition) is 0. The molecule has 0 radical (unpaired) electrons. The first-order valence-corrected chi connectivity index (χ1v) is 8.19. The van der Waals surface area contributed by atoms with Crippen LogP contribution >= 0.6 is 0 Å². The van der Waals surface area contributed by atoms with Gasteiger partial charge in [-0.25, -0.2) is 0 Å². The largest absolute Gasteiger partial charge is 0.362 e. The summed E-state index contributed by atoms with van der Waals surface area (Å²) >= 11 is 0. The van der Waals surface area contributed by atoms with Gasteiger partial charge in [-0.05, 0) is 11.6 Å². The van der Waals surface area contributed by atoms with Crippen LogP contribution in [0.4, 0.5) is 5.69 Å². The van der Waals surface area contributed by atoms with Crippen LogP contribution in [0.15, 0.2) is 54.6 Å². The van der Waals surface area contributed by atoms with Crippen molar-refractivity contribution in [3.05, 3.63) is 86.0 Å². The lowest BCUT2D eigenvalue weighted by molar-refractivity contribution is -0.571. The molecular formula is C14H12N2O7S. The third kappa shape index (κ3) is 4.33. The number of benzene rings is 2. The summed E-state index contributed by atoms with van der Waals surface area (Å²) in [4.78, 5) is 20.3. The van der Waals surface area contributed by atoms with E-state index in [4.69, 9.17) is 0 Å². The predicted octanol–water partition coefficient (Wildman–Crippen LogP) is 2.42. The minimum Gasteiger partial charge on any atom is -0.261 e. The zero-order valence-corrected chi connectivity index (χ0v) is 13.0. The van der Waals surface area contributed by atoms with Crippen molar-refractivity contribution in [2.45, 2.75) is 12.0 Å². The van der Waals surface area contributed by atoms with Gasteiger partial charge in [-0.1, -0.05) is 42.5 Å². The summed E-state index contributed by atoms with van der Waals surface area (Å²) in [7, 11) is -4.33. The molecule has 2 aromatic rings. The van der Waals surface area contributed by atoms with Crippen LogP contribution in [0.5, 0.6) is 0 Å². The molecule has 10 heteroatoms. The summed E-state index contributed by atoms with van der Waals surface area (Å²) in [6, 6.07) is 12.7. The van der Waals surface area contributed by atoms with Gasteiger partial charge < -0.3 is 0 Å². The molecule has 0 saturated heterocycles. The lowest BCUT2D eigenvalue weighted by atomic mass is 10.1. The normalized spacial score (nSPS) is 12.5. The van der Waals surface area contributed by atoms with Crippen LogP contribution in [-0.4, -0.2) is 18.3 Å². The van der Waals surface area contributed by atoms with E-state index in [1.54, 1.807) is 18.2 Å². The average molecular weight is 352 g/mol. The second-order valence-electron chi connectivity index (χ2n) is 4.74. The molecule has 0 N–H and O–H groups in total. The van der Waals surface area contributed by atoms with Crippen molar-refractivity contribution in [3.63, 3.8) is 0 Å². The van der Waals surface area contributed by atoms with Gasteiger partial charge in [0.05, 0.1) is 9.85 Å². The van der Waals surface area contributed by atoms with E-state index in [-0.39, 0.29) is 0 Å². The molecule has 126 valence electrons. The standard InChI is InChI=1S/C14H12N2O7S/c17-15(18)13-9-5-4-8-12(13)14(16(19)20)23-24(21,22)10-11-6-2-1-3-7-11/h1-9,14H,10H2. The third-order valence-electron chi connectivity index (χ3n) is 3.02. The zero-order chi connectivity index (χ0) is 17.7. The van der Waals surface area contributed by atoms with Gasteiger partial charge in [-0.2, -0.15) is 12.6 Å². The van der Waals surface area contributed by atoms with Gasteiger partial charge in [0.2, 0.25) is 0 Å². The van der Waals surface area contributed by atoms with Gasteiger partial charge in [-0.15, -0.1) is 0 Å². The maximum Gasteiger partial charge on any atom is 0.362 e. The van der Waals surface area contributed by atoms with Crippen LogP contribution in [0.3, 0.4) is 0 Å². The van der Waals surface area contributed by atoms with Gasteiger partial charge in [0.1, 0.15) is 11.3 Å². The Hall–Kier alpha value is -2.85. The van der Waals surface area contributed by atoms with E-state index in [0.29, 0.717) is 5.56 Å². The number of nitro benzene ring substituents is 1. The molecule has 24 heavy (non-hydrogen) atoms. The fourth-order valence-corrected chi connectivity index (χ4v) is 3.13. The van der Waals surface area contributed by atoms with E-state index in [9.17, 15) is 28.6 Å². The lowest BCUT2D eigenvalue weighted by Crippen LogP contribution is -2.21. The van der Waals surface area contributed by atoms with Crippen molar-refractivity contribution >= 4 is 15.8 Å². The lowest BCUT2D eigenvalue weighted by Gasteiger charge is -2.11. The average Bonchev–Trinajstić information content (AvgIpc) is 2.53. The predicted molar refractivity (Wildman–Crippen MR) is 83.0 cm³/mol. The van der Waals surface area contributed by atoms with Crippen LogP contribution < -0.4 is 0 Å². The molecule has 0 saturated carbocycles. The SMILES string of the molecule is O=[N+]([O-])c1ccccc1C(OS(=O)(=O)Cc1ccccc1)[N+](=O)[O-]. The second kappa shape index (κ2) is 7.15. The monoisotopic (exact) mass is 352 g/mol. The van der Waals surface area contributed by atoms with Crippen molar-refractivity contribution in [3.8, 4) is 0 Å². The van der Waals surface area contributed by atoms with Crippen molar-refractivity contribution in [1.82, 2.24) is 0 Å². The molecule has 1 atom stereocenters. The van der Waals surface area contributed by atoms with Crippen LogP contribution in [0.2, 0.25) is 0 Å². The Kier molecular flexibility index (Phi) is 5.21. The fraction of sp³-hybridized carbons (Fsp3) is 0.143. The molecule has 1 unspecified atom stereocenters. The van der Waals surface area contributed by atoms with Gasteiger partial charge >= 0.3 is 6.23 Å². The first-order valence-electron chi connectivity index (χ1n) is 6.62. The highest BCUT2D eigenvalue weighted by Gasteiger charge is 2.36. The zero-order valence-electron chi connectivity index (χ0n) is 12.1. The molecule has 0 aliphatic carbocycles. The Morgan fingerprint density at radius 2 is 1.54 bits per heavy atom. The van der Waals surface area contributed by atoms with Gasteiger partial charge in [0.15, 0.2) is 0 Å². The maximum absolute atomic E-state index is 12.1. The molecule has 0 bridgehead atoms. The highest BCUT2D eigenvalue weighted by atomic mass is 32.2. The molecule has 2 rings (SSSR count). The second-order valence-corrected chi connectivity index (χ2v) is 6.33. The van der Waals surface area contributed by atoms with Gasteiger partial charge in [-0.3, -0.25) is 20.2 Å². The molecule has 0 spiro atoms. The first kappa shape index (κ1) is 17.5. The van der Waals surface area contributed by atoms with Crippen LogP contribution in [0, 0.1) is 20.2 Å². The fourth-order valence-electron chi connectivity index (χ4n) is 2.01. The highest BCUT2D eigenvalue weighted by molar-refractivity contribution is 7.85. The molecule has 0 aliphatic rings. The van der Waals surface area contributed by atoms with Crippen molar-refractivity contribution in [1.29, 1.82) is 0 Å². The first-order chi connectivity index (χ1) is 11.3. The topological polar surface area (TPSA) is 130 Å². The summed E-state index contributed by atoms with van der Waals surface area (Å²) in [5.41, 5.74) is -0.652. The number of hydrogen-bond acceptors (Lipinski definition) is 7. The van der Waals surface area contributed by atoms with Crippen molar-refractivity contribution in [2.75, 3.05) is 0 Å². The summed E-state index contributed by atoms with van der Waals surface area (Å²) < 4.78 is 28.8. The molecule has 0 heterocycles. The van der Waals surface area contributed by atoms with Gasteiger partial charge in [0, 0.05) is 6.07 Å². The molecule has 0 fully saturated rings. The maximum atomic E-state index is 12.1. The minimum absolute atomic E-state index is 0.377. The Morgan fingerprint density at radius 3 is 2.12 bits per heavy atom.